The molecule has 0 spiro atoms. The fraction of sp³-hybridized carbons (Fsp3) is 0.625. The Morgan fingerprint density at radius 2 is 2.18 bits per heavy atom. The summed E-state index contributed by atoms with van der Waals surface area (Å²) in [6.07, 6.45) is 0. The second kappa shape index (κ2) is 3.15. The van der Waals surface area contributed by atoms with E-state index >= 15 is 0 Å². The molecule has 11 heavy (non-hydrogen) atoms. The third-order valence-corrected chi connectivity index (χ3v) is 2.86. The Morgan fingerprint density at radius 3 is 2.55 bits per heavy atom. The zero-order chi connectivity index (χ0) is 8.48. The number of rotatable bonds is 1. The van der Waals surface area contributed by atoms with Crippen molar-refractivity contribution in [3.8, 4) is 0 Å². The van der Waals surface area contributed by atoms with Crippen molar-refractivity contribution < 1.29 is 0 Å². The highest BCUT2D eigenvalue weighted by Gasteiger charge is 2.19. The molecule has 0 saturated carbocycles. The molecule has 0 aliphatic rings. The van der Waals surface area contributed by atoms with Crippen LogP contribution in [0.1, 0.15) is 31.3 Å². The molecule has 1 nitrogen and oxygen atoms in total. The molecule has 0 amide bonds. The third kappa shape index (κ3) is 1.97. The first-order valence-electron chi connectivity index (χ1n) is 3.59. The van der Waals surface area contributed by atoms with Crippen molar-refractivity contribution in [3.05, 3.63) is 16.1 Å². The van der Waals surface area contributed by atoms with E-state index in [9.17, 15) is 0 Å². The van der Waals surface area contributed by atoms with Gasteiger partial charge in [0.2, 0.25) is 0 Å². The maximum absolute atomic E-state index is 4.33. The number of hydrogen-bond donors (Lipinski definition) is 1. The first-order valence-corrected chi connectivity index (χ1v) is 5.10. The number of thiol groups is 1. The van der Waals surface area contributed by atoms with Gasteiger partial charge in [0.15, 0.2) is 0 Å². The molecule has 0 aliphatic carbocycles. The summed E-state index contributed by atoms with van der Waals surface area (Å²) in [4.78, 5) is 5.62. The summed E-state index contributed by atoms with van der Waals surface area (Å²) in [5.41, 5.74) is 3.25. The van der Waals surface area contributed by atoms with Crippen LogP contribution < -0.4 is 0 Å². The van der Waals surface area contributed by atoms with Crippen LogP contribution in [0, 0.1) is 0 Å². The second-order valence-corrected chi connectivity index (χ2v) is 4.79. The molecule has 0 bridgehead atoms. The van der Waals surface area contributed by atoms with Crippen molar-refractivity contribution in [1.29, 1.82) is 0 Å². The second-order valence-electron chi connectivity index (χ2n) is 3.53. The lowest BCUT2D eigenvalue weighted by Gasteiger charge is -2.16. The quantitative estimate of drug-likeness (QED) is 0.667. The van der Waals surface area contributed by atoms with Crippen LogP contribution in [0.5, 0.6) is 0 Å². The summed E-state index contributed by atoms with van der Waals surface area (Å²) in [5.74, 6) is 0.803. The van der Waals surface area contributed by atoms with E-state index in [0.29, 0.717) is 0 Å². The van der Waals surface area contributed by atoms with Gasteiger partial charge in [-0.25, -0.2) is 4.98 Å². The zero-order valence-electron chi connectivity index (χ0n) is 7.09. The van der Waals surface area contributed by atoms with Gasteiger partial charge < -0.3 is 0 Å². The number of aromatic nitrogens is 1. The van der Waals surface area contributed by atoms with Gasteiger partial charge in [-0.15, -0.1) is 11.3 Å². The van der Waals surface area contributed by atoms with Crippen molar-refractivity contribution in [2.24, 2.45) is 0 Å². The largest absolute Gasteiger partial charge is 0.249 e. The van der Waals surface area contributed by atoms with Crippen molar-refractivity contribution in [2.75, 3.05) is 0 Å². The Balaban J connectivity index is 3.02. The Morgan fingerprint density at radius 1 is 1.55 bits per heavy atom. The predicted molar refractivity (Wildman–Crippen MR) is 53.5 cm³/mol. The smallest absolute Gasteiger partial charge is 0.0798 e. The van der Waals surface area contributed by atoms with Gasteiger partial charge in [-0.1, -0.05) is 20.8 Å². The van der Waals surface area contributed by atoms with E-state index in [2.05, 4.69) is 38.4 Å². The lowest BCUT2D eigenvalue weighted by molar-refractivity contribution is 0.569. The summed E-state index contributed by atoms with van der Waals surface area (Å²) < 4.78 is 0. The molecule has 3 heteroatoms. The minimum Gasteiger partial charge on any atom is -0.249 e. The van der Waals surface area contributed by atoms with Crippen molar-refractivity contribution in [2.45, 2.75) is 31.9 Å². The van der Waals surface area contributed by atoms with Crippen molar-refractivity contribution >= 4 is 24.0 Å². The first-order chi connectivity index (χ1) is 5.05. The van der Waals surface area contributed by atoms with E-state index in [1.807, 2.05) is 5.51 Å². The van der Waals surface area contributed by atoms with Gasteiger partial charge in [-0.2, -0.15) is 12.6 Å². The molecule has 0 aliphatic heterocycles. The SMILES string of the molecule is CC(C)(C)c1ncsc1CS. The molecule has 1 aromatic rings. The lowest BCUT2D eigenvalue weighted by atomic mass is 9.92. The molecule has 0 atom stereocenters. The maximum atomic E-state index is 4.33. The standard InChI is InChI=1S/C8H13NS2/c1-8(2,3)7-6(4-10)11-5-9-7/h5,10H,4H2,1-3H3. The summed E-state index contributed by atoms with van der Waals surface area (Å²) >= 11 is 5.94. The highest BCUT2D eigenvalue weighted by Crippen LogP contribution is 2.27. The van der Waals surface area contributed by atoms with Crippen molar-refractivity contribution in [1.82, 2.24) is 4.98 Å². The Hall–Kier alpha value is -0.0200. The summed E-state index contributed by atoms with van der Waals surface area (Å²) in [6, 6.07) is 0. The summed E-state index contributed by atoms with van der Waals surface area (Å²) in [6.45, 7) is 6.53. The summed E-state index contributed by atoms with van der Waals surface area (Å²) in [7, 11) is 0. The van der Waals surface area contributed by atoms with Crippen LogP contribution >= 0.6 is 24.0 Å². The zero-order valence-corrected chi connectivity index (χ0v) is 8.80. The minimum absolute atomic E-state index is 0.165. The van der Waals surface area contributed by atoms with Crippen LogP contribution in [0.2, 0.25) is 0 Å². The van der Waals surface area contributed by atoms with Gasteiger partial charge in [-0.3, -0.25) is 0 Å². The van der Waals surface area contributed by atoms with Gasteiger partial charge in [0.1, 0.15) is 0 Å². The Labute approximate surface area is 77.3 Å². The van der Waals surface area contributed by atoms with Gasteiger partial charge in [0.25, 0.3) is 0 Å². The average Bonchev–Trinajstić information content (AvgIpc) is 2.31. The number of nitrogens with zero attached hydrogens (tertiary/aromatic N) is 1. The van der Waals surface area contributed by atoms with Crippen molar-refractivity contribution in [3.63, 3.8) is 0 Å². The molecule has 0 unspecified atom stereocenters. The van der Waals surface area contributed by atoms with Crippen LogP contribution in [-0.2, 0) is 11.2 Å². The Bertz CT molecular complexity index is 234. The Kier molecular flexibility index (Phi) is 2.60. The van der Waals surface area contributed by atoms with E-state index in [-0.39, 0.29) is 5.41 Å². The highest BCUT2D eigenvalue weighted by atomic mass is 32.1. The molecule has 0 radical (unpaired) electrons. The topological polar surface area (TPSA) is 12.9 Å². The molecule has 0 aromatic carbocycles. The average molecular weight is 187 g/mol. The maximum Gasteiger partial charge on any atom is 0.0798 e. The molecule has 1 aromatic heterocycles. The van der Waals surface area contributed by atoms with Gasteiger partial charge in [0.05, 0.1) is 11.2 Å². The van der Waals surface area contributed by atoms with Gasteiger partial charge >= 0.3 is 0 Å². The van der Waals surface area contributed by atoms with E-state index in [1.165, 1.54) is 10.6 Å². The predicted octanol–water partition coefficient (Wildman–Crippen LogP) is 2.87. The third-order valence-electron chi connectivity index (χ3n) is 1.49. The van der Waals surface area contributed by atoms with E-state index in [1.54, 1.807) is 11.3 Å². The minimum atomic E-state index is 0.165. The van der Waals surface area contributed by atoms with Crippen LogP contribution in [-0.4, -0.2) is 4.98 Å². The van der Waals surface area contributed by atoms with Gasteiger partial charge in [-0.05, 0) is 0 Å². The highest BCUT2D eigenvalue weighted by molar-refractivity contribution is 7.79. The number of hydrogen-bond acceptors (Lipinski definition) is 3. The van der Waals surface area contributed by atoms with Crippen LogP contribution in [0.3, 0.4) is 0 Å². The normalized spacial score (nSPS) is 12.0. The monoisotopic (exact) mass is 187 g/mol. The van der Waals surface area contributed by atoms with E-state index < -0.39 is 0 Å². The van der Waals surface area contributed by atoms with Crippen LogP contribution in [0.15, 0.2) is 5.51 Å². The molecule has 62 valence electrons. The molecule has 1 rings (SSSR count). The molecule has 0 N–H and O–H groups in total. The van der Waals surface area contributed by atoms with E-state index in [0.717, 1.165) is 5.75 Å². The van der Waals surface area contributed by atoms with E-state index in [4.69, 9.17) is 0 Å². The summed E-state index contributed by atoms with van der Waals surface area (Å²) in [5, 5.41) is 0. The lowest BCUT2D eigenvalue weighted by Crippen LogP contribution is -2.13. The van der Waals surface area contributed by atoms with Gasteiger partial charge in [0, 0.05) is 16.0 Å². The van der Waals surface area contributed by atoms with Crippen LogP contribution in [0.25, 0.3) is 0 Å². The molecule has 0 saturated heterocycles. The molecule has 0 fully saturated rings. The molecule has 1 heterocycles. The number of thiazole rings is 1. The van der Waals surface area contributed by atoms with Crippen LogP contribution in [0.4, 0.5) is 0 Å². The molecular weight excluding hydrogens is 174 g/mol. The first kappa shape index (κ1) is 9.07. The fourth-order valence-corrected chi connectivity index (χ4v) is 2.20. The fourth-order valence-electron chi connectivity index (χ4n) is 0.995. The molecular formula is C8H13NS2.